The topological polar surface area (TPSA) is 65.2 Å². The second kappa shape index (κ2) is 8.33. The van der Waals surface area contributed by atoms with Crippen molar-refractivity contribution >= 4 is 22.7 Å². The number of benzene rings is 2. The number of carbonyl (C=O) groups excluding carboxylic acids is 2. The SMILES string of the molecule is C[C@@H](NC(=O)[C@H]1C[C@H](c2c(-c3ccc(F)cc3)[nH]c3c(F)cc(F)cc32)C1)C(=O)N(C)C. The lowest BCUT2D eigenvalue weighted by atomic mass is 9.69. The lowest BCUT2D eigenvalue weighted by Gasteiger charge is -2.35. The summed E-state index contributed by atoms with van der Waals surface area (Å²) in [6.45, 7) is 1.63. The van der Waals surface area contributed by atoms with Crippen molar-refractivity contribution in [3.05, 3.63) is 59.4 Å². The summed E-state index contributed by atoms with van der Waals surface area (Å²) in [7, 11) is 3.24. The number of nitrogens with one attached hydrogen (secondary N) is 2. The third kappa shape index (κ3) is 3.97. The Bertz CT molecular complexity index is 1180. The molecule has 2 N–H and O–H groups in total. The molecule has 2 amide bonds. The first kappa shape index (κ1) is 21.9. The average Bonchev–Trinajstić information content (AvgIpc) is 3.06. The summed E-state index contributed by atoms with van der Waals surface area (Å²) >= 11 is 0. The van der Waals surface area contributed by atoms with Crippen molar-refractivity contribution in [1.82, 2.24) is 15.2 Å². The first-order valence-electron chi connectivity index (χ1n) is 10.4. The number of rotatable bonds is 5. The first-order valence-corrected chi connectivity index (χ1v) is 10.4. The van der Waals surface area contributed by atoms with E-state index in [0.717, 1.165) is 6.07 Å². The van der Waals surface area contributed by atoms with Crippen molar-refractivity contribution in [3.63, 3.8) is 0 Å². The van der Waals surface area contributed by atoms with Crippen molar-refractivity contribution in [2.45, 2.75) is 31.7 Å². The summed E-state index contributed by atoms with van der Waals surface area (Å²) in [6.07, 6.45) is 0.960. The van der Waals surface area contributed by atoms with Gasteiger partial charge in [-0.25, -0.2) is 13.2 Å². The van der Waals surface area contributed by atoms with Crippen LogP contribution in [0.2, 0.25) is 0 Å². The minimum atomic E-state index is -0.709. The zero-order valence-corrected chi connectivity index (χ0v) is 18.0. The number of carbonyl (C=O) groups is 2. The smallest absolute Gasteiger partial charge is 0.244 e. The summed E-state index contributed by atoms with van der Waals surface area (Å²) in [5, 5.41) is 3.16. The van der Waals surface area contributed by atoms with Gasteiger partial charge in [0.1, 0.15) is 23.5 Å². The second-order valence-electron chi connectivity index (χ2n) is 8.56. The van der Waals surface area contributed by atoms with E-state index in [1.807, 2.05) is 0 Å². The minimum absolute atomic E-state index is 0.111. The van der Waals surface area contributed by atoms with E-state index >= 15 is 0 Å². The van der Waals surface area contributed by atoms with Crippen LogP contribution in [0.1, 0.15) is 31.2 Å². The largest absolute Gasteiger partial charge is 0.352 e. The predicted molar refractivity (Wildman–Crippen MR) is 115 cm³/mol. The van der Waals surface area contributed by atoms with Crippen LogP contribution < -0.4 is 5.32 Å². The Hall–Kier alpha value is -3.29. The number of halogens is 3. The van der Waals surface area contributed by atoms with Gasteiger partial charge < -0.3 is 15.2 Å². The van der Waals surface area contributed by atoms with Crippen molar-refractivity contribution < 1.29 is 22.8 Å². The van der Waals surface area contributed by atoms with Gasteiger partial charge in [0.2, 0.25) is 11.8 Å². The Morgan fingerprint density at radius 3 is 2.34 bits per heavy atom. The molecule has 1 aliphatic rings. The van der Waals surface area contributed by atoms with Gasteiger partial charge in [0, 0.05) is 31.5 Å². The summed E-state index contributed by atoms with van der Waals surface area (Å²) in [5.74, 6) is -2.63. The van der Waals surface area contributed by atoms with Gasteiger partial charge in [0.05, 0.1) is 11.2 Å². The van der Waals surface area contributed by atoms with Crippen molar-refractivity contribution in [3.8, 4) is 11.3 Å². The zero-order valence-electron chi connectivity index (χ0n) is 18.0. The van der Waals surface area contributed by atoms with Gasteiger partial charge in [-0.2, -0.15) is 0 Å². The maximum Gasteiger partial charge on any atom is 0.244 e. The molecular formula is C24H24F3N3O2. The Morgan fingerprint density at radius 2 is 1.72 bits per heavy atom. The summed E-state index contributed by atoms with van der Waals surface area (Å²) in [6, 6.07) is 7.23. The number of H-pyrrole nitrogens is 1. The second-order valence-corrected chi connectivity index (χ2v) is 8.56. The molecule has 5 nitrogen and oxygen atoms in total. The molecule has 1 saturated carbocycles. The van der Waals surface area contributed by atoms with Crippen LogP contribution in [0.5, 0.6) is 0 Å². The van der Waals surface area contributed by atoms with Gasteiger partial charge in [0.25, 0.3) is 0 Å². The third-order valence-electron chi connectivity index (χ3n) is 6.08. The standard InChI is InChI=1S/C24H24F3N3O2/c1-12(24(32)30(2)3)28-23(31)15-8-14(9-15)20-18-10-17(26)11-19(27)22(18)29-21(20)13-4-6-16(25)7-5-13/h4-7,10-12,14-15,29H,8-9H2,1-3H3,(H,28,31)/t12-,14-,15-/m1/s1. The quantitative estimate of drug-likeness (QED) is 0.616. The molecule has 3 aromatic rings. The molecule has 1 atom stereocenters. The number of hydrogen-bond donors (Lipinski definition) is 2. The molecule has 2 aromatic carbocycles. The van der Waals surface area contributed by atoms with Crippen LogP contribution in [-0.4, -0.2) is 41.8 Å². The third-order valence-corrected chi connectivity index (χ3v) is 6.08. The summed E-state index contributed by atoms with van der Waals surface area (Å²) < 4.78 is 41.9. The van der Waals surface area contributed by atoms with Crippen LogP contribution in [0.4, 0.5) is 13.2 Å². The number of fused-ring (bicyclic) bond motifs is 1. The number of aromatic nitrogens is 1. The Morgan fingerprint density at radius 1 is 1.06 bits per heavy atom. The molecule has 0 radical (unpaired) electrons. The van der Waals surface area contributed by atoms with E-state index in [1.165, 1.54) is 23.1 Å². The minimum Gasteiger partial charge on any atom is -0.352 e. The molecule has 8 heteroatoms. The van der Waals surface area contributed by atoms with Crippen molar-refractivity contribution in [2.24, 2.45) is 5.92 Å². The van der Waals surface area contributed by atoms with E-state index in [-0.39, 0.29) is 29.2 Å². The molecule has 0 aliphatic heterocycles. The van der Waals surface area contributed by atoms with Gasteiger partial charge in [-0.3, -0.25) is 9.59 Å². The van der Waals surface area contributed by atoms with Crippen molar-refractivity contribution in [1.29, 1.82) is 0 Å². The molecule has 0 saturated heterocycles. The number of nitrogens with zero attached hydrogens (tertiary/aromatic N) is 1. The predicted octanol–water partition coefficient (Wildman–Crippen LogP) is 4.34. The fourth-order valence-electron chi connectivity index (χ4n) is 4.36. The Balaban J connectivity index is 1.62. The van der Waals surface area contributed by atoms with E-state index < -0.39 is 23.5 Å². The molecule has 4 rings (SSSR count). The van der Waals surface area contributed by atoms with Crippen LogP contribution in [0.3, 0.4) is 0 Å². The molecule has 1 aliphatic carbocycles. The number of hydrogen-bond acceptors (Lipinski definition) is 2. The molecule has 0 bridgehead atoms. The first-order chi connectivity index (χ1) is 15.2. The Labute approximate surface area is 183 Å². The normalized spacial score (nSPS) is 18.8. The number of aromatic amines is 1. The van der Waals surface area contributed by atoms with E-state index in [4.69, 9.17) is 0 Å². The van der Waals surface area contributed by atoms with E-state index in [2.05, 4.69) is 10.3 Å². The average molecular weight is 443 g/mol. The highest BCUT2D eigenvalue weighted by molar-refractivity contribution is 5.93. The van der Waals surface area contributed by atoms with Crippen molar-refractivity contribution in [2.75, 3.05) is 14.1 Å². The monoisotopic (exact) mass is 443 g/mol. The molecule has 0 spiro atoms. The van der Waals surface area contributed by atoms with Gasteiger partial charge in [-0.15, -0.1) is 0 Å². The maximum atomic E-state index is 14.5. The number of amides is 2. The van der Waals surface area contributed by atoms with Crippen LogP contribution in [0.25, 0.3) is 22.2 Å². The van der Waals surface area contributed by atoms with Gasteiger partial charge >= 0.3 is 0 Å². The highest BCUT2D eigenvalue weighted by atomic mass is 19.1. The molecule has 168 valence electrons. The van der Waals surface area contributed by atoms with Crippen LogP contribution in [0, 0.1) is 23.4 Å². The molecule has 1 heterocycles. The van der Waals surface area contributed by atoms with E-state index in [9.17, 15) is 22.8 Å². The number of likely N-dealkylation sites (N-methyl/N-ethyl adjacent to an activating group) is 1. The maximum absolute atomic E-state index is 14.5. The van der Waals surface area contributed by atoms with E-state index in [0.29, 0.717) is 35.0 Å². The van der Waals surface area contributed by atoms with Crippen LogP contribution in [0.15, 0.2) is 36.4 Å². The lowest BCUT2D eigenvalue weighted by molar-refractivity contribution is -0.136. The molecule has 0 unspecified atom stereocenters. The molecular weight excluding hydrogens is 419 g/mol. The fraction of sp³-hybridized carbons (Fsp3) is 0.333. The highest BCUT2D eigenvalue weighted by Crippen LogP contribution is 2.48. The molecule has 32 heavy (non-hydrogen) atoms. The van der Waals surface area contributed by atoms with Gasteiger partial charge in [-0.1, -0.05) is 0 Å². The summed E-state index contributed by atoms with van der Waals surface area (Å²) in [4.78, 5) is 29.0. The molecule has 1 fully saturated rings. The highest BCUT2D eigenvalue weighted by Gasteiger charge is 2.39. The summed E-state index contributed by atoms with van der Waals surface area (Å²) in [5.41, 5.74) is 2.13. The zero-order chi connectivity index (χ0) is 23.2. The van der Waals surface area contributed by atoms with E-state index in [1.54, 1.807) is 33.2 Å². The Kier molecular flexibility index (Phi) is 5.71. The molecule has 1 aromatic heterocycles. The van der Waals surface area contributed by atoms with Gasteiger partial charge in [-0.05, 0) is 67.1 Å². The fourth-order valence-corrected chi connectivity index (χ4v) is 4.36. The van der Waals surface area contributed by atoms with Crippen LogP contribution in [-0.2, 0) is 9.59 Å². The van der Waals surface area contributed by atoms with Gasteiger partial charge in [0.15, 0.2) is 0 Å². The van der Waals surface area contributed by atoms with Crippen LogP contribution >= 0.6 is 0 Å². The lowest BCUT2D eigenvalue weighted by Crippen LogP contribution is -2.48.